The van der Waals surface area contributed by atoms with Gasteiger partial charge in [0.1, 0.15) is 5.76 Å². The molecule has 0 saturated carbocycles. The number of furan rings is 1. The van der Waals surface area contributed by atoms with Crippen LogP contribution in [-0.4, -0.2) is 22.7 Å². The second-order valence-electron chi connectivity index (χ2n) is 4.78. The first-order chi connectivity index (χ1) is 8.08. The van der Waals surface area contributed by atoms with Crippen molar-refractivity contribution in [3.05, 3.63) is 23.2 Å². The molecule has 1 aromatic heterocycles. The molecule has 1 atom stereocenters. The lowest BCUT2D eigenvalue weighted by Crippen LogP contribution is -2.36. The molecule has 2 rings (SSSR count). The Labute approximate surface area is 107 Å². The summed E-state index contributed by atoms with van der Waals surface area (Å²) in [5, 5.41) is -0.522. The number of carbonyl (C=O) groups is 1. The van der Waals surface area contributed by atoms with Gasteiger partial charge in [0.25, 0.3) is 5.24 Å². The third kappa shape index (κ3) is 2.90. The van der Waals surface area contributed by atoms with Gasteiger partial charge in [0.05, 0.1) is 0 Å². The molecule has 1 fully saturated rings. The van der Waals surface area contributed by atoms with E-state index in [9.17, 15) is 4.79 Å². The third-order valence-corrected chi connectivity index (χ3v) is 3.71. The lowest BCUT2D eigenvalue weighted by molar-refractivity contribution is 0.105. The first kappa shape index (κ1) is 12.7. The molecule has 1 aliphatic rings. The van der Waals surface area contributed by atoms with Gasteiger partial charge in [-0.1, -0.05) is 6.42 Å². The quantitative estimate of drug-likeness (QED) is 0.777. The van der Waals surface area contributed by atoms with Gasteiger partial charge < -0.3 is 4.42 Å². The molecule has 0 radical (unpaired) electrons. The summed E-state index contributed by atoms with van der Waals surface area (Å²) < 4.78 is 5.34. The van der Waals surface area contributed by atoms with Crippen LogP contribution in [0.2, 0.25) is 0 Å². The van der Waals surface area contributed by atoms with Crippen LogP contribution in [0.4, 0.5) is 0 Å². The highest BCUT2D eigenvalue weighted by Crippen LogP contribution is 2.23. The van der Waals surface area contributed by atoms with Crippen LogP contribution in [-0.2, 0) is 6.54 Å². The maximum Gasteiger partial charge on any atom is 0.287 e. The molecule has 4 heteroatoms. The van der Waals surface area contributed by atoms with Gasteiger partial charge in [-0.05, 0) is 50.9 Å². The van der Waals surface area contributed by atoms with Crippen LogP contribution < -0.4 is 0 Å². The molecule has 0 aliphatic carbocycles. The van der Waals surface area contributed by atoms with E-state index in [0.717, 1.165) is 24.4 Å². The maximum atomic E-state index is 11.0. The van der Waals surface area contributed by atoms with Gasteiger partial charge in [-0.3, -0.25) is 9.69 Å². The first-order valence-electron chi connectivity index (χ1n) is 6.11. The van der Waals surface area contributed by atoms with Crippen LogP contribution in [0.5, 0.6) is 0 Å². The predicted octanol–water partition coefficient (Wildman–Crippen LogP) is 3.34. The minimum atomic E-state index is -0.522. The molecule has 0 amide bonds. The highest BCUT2D eigenvalue weighted by molar-refractivity contribution is 6.67. The zero-order valence-corrected chi connectivity index (χ0v) is 11.1. The Morgan fingerprint density at radius 2 is 2.35 bits per heavy atom. The van der Waals surface area contributed by atoms with Gasteiger partial charge >= 0.3 is 0 Å². The minimum absolute atomic E-state index is 0.254. The van der Waals surface area contributed by atoms with Crippen molar-refractivity contribution in [1.29, 1.82) is 0 Å². The summed E-state index contributed by atoms with van der Waals surface area (Å²) in [6.07, 6.45) is 3.81. The van der Waals surface area contributed by atoms with E-state index in [1.54, 1.807) is 6.07 Å². The SMILES string of the molecule is Cc1oc(C(=O)Cl)cc1CN1CCCCC1C. The molecule has 1 unspecified atom stereocenters. The molecule has 17 heavy (non-hydrogen) atoms. The molecule has 1 aromatic rings. The fourth-order valence-electron chi connectivity index (χ4n) is 2.38. The van der Waals surface area contributed by atoms with Crippen LogP contribution >= 0.6 is 11.6 Å². The molecular formula is C13H18ClNO2. The number of piperidine rings is 1. The van der Waals surface area contributed by atoms with E-state index in [2.05, 4.69) is 11.8 Å². The summed E-state index contributed by atoms with van der Waals surface area (Å²) in [5.41, 5.74) is 1.07. The molecule has 0 bridgehead atoms. The minimum Gasteiger partial charge on any atom is -0.457 e. The summed E-state index contributed by atoms with van der Waals surface area (Å²) in [4.78, 5) is 13.5. The summed E-state index contributed by atoms with van der Waals surface area (Å²) in [6, 6.07) is 2.37. The first-order valence-corrected chi connectivity index (χ1v) is 6.49. The number of halogens is 1. The molecule has 0 N–H and O–H groups in total. The van der Waals surface area contributed by atoms with Crippen LogP contribution in [0.3, 0.4) is 0 Å². The maximum absolute atomic E-state index is 11.0. The van der Waals surface area contributed by atoms with E-state index in [1.807, 2.05) is 6.92 Å². The Morgan fingerprint density at radius 1 is 1.59 bits per heavy atom. The second-order valence-corrected chi connectivity index (χ2v) is 5.12. The van der Waals surface area contributed by atoms with Gasteiger partial charge in [0.2, 0.25) is 0 Å². The number of aryl methyl sites for hydroxylation is 1. The van der Waals surface area contributed by atoms with Gasteiger partial charge in [-0.2, -0.15) is 0 Å². The zero-order chi connectivity index (χ0) is 12.4. The third-order valence-electron chi connectivity index (χ3n) is 3.53. The zero-order valence-electron chi connectivity index (χ0n) is 10.3. The van der Waals surface area contributed by atoms with Crippen LogP contribution in [0, 0.1) is 6.92 Å². The van der Waals surface area contributed by atoms with Crippen molar-refractivity contribution in [3.8, 4) is 0 Å². The normalized spacial score (nSPS) is 21.7. The van der Waals surface area contributed by atoms with Gasteiger partial charge in [0, 0.05) is 18.2 Å². The van der Waals surface area contributed by atoms with E-state index in [0.29, 0.717) is 6.04 Å². The van der Waals surface area contributed by atoms with E-state index < -0.39 is 5.24 Å². The van der Waals surface area contributed by atoms with Crippen molar-refractivity contribution < 1.29 is 9.21 Å². The van der Waals surface area contributed by atoms with E-state index >= 15 is 0 Å². The fraction of sp³-hybridized carbons (Fsp3) is 0.615. The highest BCUT2D eigenvalue weighted by atomic mass is 35.5. The van der Waals surface area contributed by atoms with Gasteiger partial charge in [0.15, 0.2) is 5.76 Å². The Balaban J connectivity index is 2.09. The summed E-state index contributed by atoms with van der Waals surface area (Å²) in [7, 11) is 0. The van der Waals surface area contributed by atoms with Crippen LogP contribution in [0.15, 0.2) is 10.5 Å². The van der Waals surface area contributed by atoms with Crippen molar-refractivity contribution in [2.75, 3.05) is 6.54 Å². The molecule has 94 valence electrons. The second kappa shape index (κ2) is 5.23. The Morgan fingerprint density at radius 3 is 2.94 bits per heavy atom. The Kier molecular flexibility index (Phi) is 3.89. The lowest BCUT2D eigenvalue weighted by Gasteiger charge is -2.33. The average molecular weight is 256 g/mol. The van der Waals surface area contributed by atoms with Crippen molar-refractivity contribution in [3.63, 3.8) is 0 Å². The number of nitrogens with zero attached hydrogens (tertiary/aromatic N) is 1. The van der Waals surface area contributed by atoms with Crippen LogP contribution in [0.25, 0.3) is 0 Å². The highest BCUT2D eigenvalue weighted by Gasteiger charge is 2.21. The molecule has 1 aliphatic heterocycles. The molecule has 1 saturated heterocycles. The molecule has 0 spiro atoms. The average Bonchev–Trinajstić information content (AvgIpc) is 2.64. The lowest BCUT2D eigenvalue weighted by atomic mass is 10.0. The molecule has 0 aromatic carbocycles. The van der Waals surface area contributed by atoms with Crippen molar-refractivity contribution in [2.45, 2.75) is 45.7 Å². The number of hydrogen-bond donors (Lipinski definition) is 0. The summed E-state index contributed by atoms with van der Waals surface area (Å²) in [5.74, 6) is 1.05. The standard InChI is InChI=1S/C13H18ClNO2/c1-9-5-3-4-6-15(9)8-11-7-12(13(14)16)17-10(11)2/h7,9H,3-6,8H2,1-2H3. The Hall–Kier alpha value is -0.800. The fourth-order valence-corrected chi connectivity index (χ4v) is 2.48. The largest absolute Gasteiger partial charge is 0.457 e. The van der Waals surface area contributed by atoms with E-state index in [4.69, 9.17) is 16.0 Å². The summed E-state index contributed by atoms with van der Waals surface area (Å²) in [6.45, 7) is 6.10. The monoisotopic (exact) mass is 255 g/mol. The summed E-state index contributed by atoms with van der Waals surface area (Å²) >= 11 is 5.41. The van der Waals surface area contributed by atoms with Crippen molar-refractivity contribution >= 4 is 16.8 Å². The van der Waals surface area contributed by atoms with E-state index in [1.165, 1.54) is 19.3 Å². The van der Waals surface area contributed by atoms with E-state index in [-0.39, 0.29) is 5.76 Å². The van der Waals surface area contributed by atoms with Crippen molar-refractivity contribution in [2.24, 2.45) is 0 Å². The smallest absolute Gasteiger partial charge is 0.287 e. The van der Waals surface area contributed by atoms with Gasteiger partial charge in [-0.15, -0.1) is 0 Å². The number of rotatable bonds is 3. The van der Waals surface area contributed by atoms with Crippen molar-refractivity contribution in [1.82, 2.24) is 4.90 Å². The molecule has 3 nitrogen and oxygen atoms in total. The molecular weight excluding hydrogens is 238 g/mol. The topological polar surface area (TPSA) is 33.5 Å². The van der Waals surface area contributed by atoms with Gasteiger partial charge in [-0.25, -0.2) is 0 Å². The number of carbonyl (C=O) groups excluding carboxylic acids is 1. The van der Waals surface area contributed by atoms with Crippen LogP contribution in [0.1, 0.15) is 48.1 Å². The number of likely N-dealkylation sites (tertiary alicyclic amines) is 1. The number of hydrogen-bond acceptors (Lipinski definition) is 3. The molecule has 2 heterocycles. The predicted molar refractivity (Wildman–Crippen MR) is 67.4 cm³/mol. The Bertz CT molecular complexity index is 414.